The van der Waals surface area contributed by atoms with E-state index in [1.165, 1.54) is 0 Å². The van der Waals surface area contributed by atoms with Crippen molar-refractivity contribution in [3.05, 3.63) is 11.6 Å². The molecule has 0 saturated heterocycles. The lowest BCUT2D eigenvalue weighted by molar-refractivity contribution is -0.119. The second-order valence-electron chi connectivity index (χ2n) is 3.97. The highest BCUT2D eigenvalue weighted by Crippen LogP contribution is 2.18. The molecule has 0 aliphatic heterocycles. The first-order valence-corrected chi connectivity index (χ1v) is 4.00. The van der Waals surface area contributed by atoms with Gasteiger partial charge < -0.3 is 5.32 Å². The van der Waals surface area contributed by atoms with Crippen molar-refractivity contribution in [2.45, 2.75) is 39.2 Å². The van der Waals surface area contributed by atoms with E-state index in [0.29, 0.717) is 0 Å². The molecule has 0 aromatic heterocycles. The molecule has 1 aliphatic carbocycles. The van der Waals surface area contributed by atoms with Gasteiger partial charge in [-0.25, -0.2) is 0 Å². The lowest BCUT2D eigenvalue weighted by atomic mass is 9.97. The lowest BCUT2D eigenvalue weighted by Gasteiger charge is -2.23. The van der Waals surface area contributed by atoms with Gasteiger partial charge in [0.25, 0.3) is 0 Å². The summed E-state index contributed by atoms with van der Waals surface area (Å²) in [6.45, 7) is 5.97. The Morgan fingerprint density at radius 1 is 1.55 bits per heavy atom. The third-order valence-electron chi connectivity index (χ3n) is 1.58. The minimum absolute atomic E-state index is 0.101. The van der Waals surface area contributed by atoms with Crippen molar-refractivity contribution >= 4 is 5.91 Å². The molecule has 2 heteroatoms. The first-order valence-electron chi connectivity index (χ1n) is 4.00. The molecule has 0 aromatic carbocycles. The number of allylic oxidation sites excluding steroid dienone is 1. The molecule has 2 nitrogen and oxygen atoms in total. The maximum absolute atomic E-state index is 11.3. The number of carbonyl (C=O) groups is 1. The molecule has 0 aromatic rings. The van der Waals surface area contributed by atoms with Gasteiger partial charge in [-0.05, 0) is 33.6 Å². The molecule has 0 saturated carbocycles. The standard InChI is InChI=1S/C9H15NO/c1-9(2,3)10-8(11)7-5-4-6-7/h5H,4,6H2,1-3H3,(H,10,11). The fourth-order valence-electron chi connectivity index (χ4n) is 0.916. The zero-order chi connectivity index (χ0) is 8.48. The Balaban J connectivity index is 2.44. The summed E-state index contributed by atoms with van der Waals surface area (Å²) in [5.41, 5.74) is 0.841. The first-order chi connectivity index (χ1) is 4.99. The van der Waals surface area contributed by atoms with Gasteiger partial charge in [0.1, 0.15) is 0 Å². The molecular formula is C9H15NO. The first kappa shape index (κ1) is 8.31. The molecule has 0 atom stereocenters. The van der Waals surface area contributed by atoms with Gasteiger partial charge in [0, 0.05) is 11.1 Å². The summed E-state index contributed by atoms with van der Waals surface area (Å²) >= 11 is 0. The number of carbonyl (C=O) groups excluding carboxylic acids is 1. The number of hydrogen-bond acceptors (Lipinski definition) is 1. The maximum Gasteiger partial charge on any atom is 0.247 e. The second-order valence-corrected chi connectivity index (χ2v) is 3.97. The lowest BCUT2D eigenvalue weighted by Crippen LogP contribution is -2.42. The predicted molar refractivity (Wildman–Crippen MR) is 45.2 cm³/mol. The molecule has 0 bridgehead atoms. The number of nitrogens with one attached hydrogen (secondary N) is 1. The Morgan fingerprint density at radius 2 is 2.09 bits per heavy atom. The van der Waals surface area contributed by atoms with Crippen molar-refractivity contribution in [3.63, 3.8) is 0 Å². The normalized spacial score (nSPS) is 16.8. The van der Waals surface area contributed by atoms with Crippen LogP contribution >= 0.6 is 0 Å². The average molecular weight is 153 g/mol. The van der Waals surface area contributed by atoms with Crippen LogP contribution in [0.25, 0.3) is 0 Å². The molecule has 1 aliphatic rings. The summed E-state index contributed by atoms with van der Waals surface area (Å²) in [6.07, 6.45) is 4.00. The number of rotatable bonds is 1. The fraction of sp³-hybridized carbons (Fsp3) is 0.667. The smallest absolute Gasteiger partial charge is 0.247 e. The summed E-state index contributed by atoms with van der Waals surface area (Å²) in [7, 11) is 0. The second kappa shape index (κ2) is 2.68. The summed E-state index contributed by atoms with van der Waals surface area (Å²) in [5, 5.41) is 2.91. The molecule has 1 N–H and O–H groups in total. The van der Waals surface area contributed by atoms with Crippen molar-refractivity contribution in [2.24, 2.45) is 0 Å². The fourth-order valence-corrected chi connectivity index (χ4v) is 0.916. The topological polar surface area (TPSA) is 29.1 Å². The number of amides is 1. The monoisotopic (exact) mass is 153 g/mol. The Morgan fingerprint density at radius 3 is 2.36 bits per heavy atom. The van der Waals surface area contributed by atoms with Gasteiger partial charge in [-0.3, -0.25) is 4.79 Å². The SMILES string of the molecule is CC(C)(C)NC(=O)C1=CCC1. The molecular weight excluding hydrogens is 138 g/mol. The van der Waals surface area contributed by atoms with Gasteiger partial charge in [-0.2, -0.15) is 0 Å². The summed E-state index contributed by atoms with van der Waals surface area (Å²) in [6, 6.07) is 0. The molecule has 0 spiro atoms. The van der Waals surface area contributed by atoms with E-state index in [0.717, 1.165) is 18.4 Å². The van der Waals surface area contributed by atoms with E-state index in [1.807, 2.05) is 26.8 Å². The van der Waals surface area contributed by atoms with Crippen LogP contribution in [-0.2, 0) is 4.79 Å². The van der Waals surface area contributed by atoms with Gasteiger partial charge in [-0.15, -0.1) is 0 Å². The highest BCUT2D eigenvalue weighted by atomic mass is 16.1. The molecule has 1 rings (SSSR count). The molecule has 1 amide bonds. The van der Waals surface area contributed by atoms with E-state index < -0.39 is 0 Å². The molecule has 0 fully saturated rings. The van der Waals surface area contributed by atoms with E-state index in [1.54, 1.807) is 0 Å². The van der Waals surface area contributed by atoms with Crippen LogP contribution in [0.4, 0.5) is 0 Å². The maximum atomic E-state index is 11.3. The number of hydrogen-bond donors (Lipinski definition) is 1. The molecule has 0 radical (unpaired) electrons. The van der Waals surface area contributed by atoms with Crippen molar-refractivity contribution in [1.29, 1.82) is 0 Å². The predicted octanol–water partition coefficient (Wildman–Crippen LogP) is 1.62. The van der Waals surface area contributed by atoms with Gasteiger partial charge in [0.2, 0.25) is 5.91 Å². The van der Waals surface area contributed by atoms with Crippen LogP contribution in [0.5, 0.6) is 0 Å². The summed E-state index contributed by atoms with van der Waals surface area (Å²) in [4.78, 5) is 11.3. The van der Waals surface area contributed by atoms with Crippen LogP contribution in [0, 0.1) is 0 Å². The Labute approximate surface area is 67.7 Å². The third kappa shape index (κ3) is 2.37. The van der Waals surface area contributed by atoms with E-state index in [9.17, 15) is 4.79 Å². The Bertz CT molecular complexity index is 198. The van der Waals surface area contributed by atoms with Crippen LogP contribution in [0.1, 0.15) is 33.6 Å². The zero-order valence-corrected chi connectivity index (χ0v) is 7.40. The highest BCUT2D eigenvalue weighted by molar-refractivity contribution is 5.95. The van der Waals surface area contributed by atoms with Crippen LogP contribution in [0.15, 0.2) is 11.6 Å². The van der Waals surface area contributed by atoms with Crippen LogP contribution < -0.4 is 5.32 Å². The molecule has 11 heavy (non-hydrogen) atoms. The van der Waals surface area contributed by atoms with E-state index >= 15 is 0 Å². The quantitative estimate of drug-likeness (QED) is 0.609. The molecule has 0 unspecified atom stereocenters. The van der Waals surface area contributed by atoms with E-state index in [-0.39, 0.29) is 11.4 Å². The van der Waals surface area contributed by atoms with Crippen molar-refractivity contribution < 1.29 is 4.79 Å². The van der Waals surface area contributed by atoms with E-state index in [4.69, 9.17) is 0 Å². The van der Waals surface area contributed by atoms with Crippen LogP contribution in [0.3, 0.4) is 0 Å². The van der Waals surface area contributed by atoms with Gasteiger partial charge in [0.15, 0.2) is 0 Å². The third-order valence-corrected chi connectivity index (χ3v) is 1.58. The Kier molecular flexibility index (Phi) is 2.03. The zero-order valence-electron chi connectivity index (χ0n) is 7.40. The van der Waals surface area contributed by atoms with Crippen LogP contribution in [-0.4, -0.2) is 11.4 Å². The van der Waals surface area contributed by atoms with Crippen molar-refractivity contribution in [1.82, 2.24) is 5.32 Å². The van der Waals surface area contributed by atoms with Crippen LogP contribution in [0.2, 0.25) is 0 Å². The van der Waals surface area contributed by atoms with Crippen molar-refractivity contribution in [2.75, 3.05) is 0 Å². The highest BCUT2D eigenvalue weighted by Gasteiger charge is 2.19. The van der Waals surface area contributed by atoms with Crippen molar-refractivity contribution in [3.8, 4) is 0 Å². The largest absolute Gasteiger partial charge is 0.348 e. The minimum Gasteiger partial charge on any atom is -0.348 e. The average Bonchev–Trinajstić information content (AvgIpc) is 1.50. The summed E-state index contributed by atoms with van der Waals surface area (Å²) < 4.78 is 0. The minimum atomic E-state index is -0.104. The van der Waals surface area contributed by atoms with E-state index in [2.05, 4.69) is 5.32 Å². The van der Waals surface area contributed by atoms with Gasteiger partial charge in [-0.1, -0.05) is 6.08 Å². The molecule has 62 valence electrons. The van der Waals surface area contributed by atoms with Gasteiger partial charge >= 0.3 is 0 Å². The summed E-state index contributed by atoms with van der Waals surface area (Å²) in [5.74, 6) is 0.101. The van der Waals surface area contributed by atoms with Gasteiger partial charge in [0.05, 0.1) is 0 Å². The molecule has 0 heterocycles. The Hall–Kier alpha value is -0.790.